The van der Waals surface area contributed by atoms with E-state index in [1.54, 1.807) is 42.5 Å². The van der Waals surface area contributed by atoms with Crippen molar-refractivity contribution in [3.8, 4) is 0 Å². The molecule has 4 nitrogen and oxygen atoms in total. The van der Waals surface area contributed by atoms with Gasteiger partial charge in [-0.25, -0.2) is 0 Å². The summed E-state index contributed by atoms with van der Waals surface area (Å²) in [5.74, 6) is -0.0844. The fourth-order valence-corrected chi connectivity index (χ4v) is 2.63. The molecule has 0 aromatic heterocycles. The van der Waals surface area contributed by atoms with Crippen LogP contribution >= 0.6 is 11.6 Å². The second-order valence-corrected chi connectivity index (χ2v) is 6.49. The number of hydrogen-bond acceptors (Lipinski definition) is 3. The quantitative estimate of drug-likeness (QED) is 0.163. The Morgan fingerprint density at radius 1 is 0.750 bits per heavy atom. The molecule has 3 aromatic carbocycles. The van der Waals surface area contributed by atoms with Crippen LogP contribution in [-0.2, 0) is 0 Å². The number of allylic oxidation sites excluding steroid dienone is 1. The van der Waals surface area contributed by atoms with Crippen molar-refractivity contribution in [2.24, 2.45) is 0 Å². The average molecular weight is 390 g/mol. The molecule has 0 saturated carbocycles. The molecule has 28 heavy (non-hydrogen) atoms. The van der Waals surface area contributed by atoms with E-state index < -0.39 is 4.92 Å². The summed E-state index contributed by atoms with van der Waals surface area (Å²) in [4.78, 5) is 22.4. The number of ketones is 1. The molecule has 0 spiro atoms. The van der Waals surface area contributed by atoms with Crippen molar-refractivity contribution >= 4 is 41.3 Å². The normalized spacial score (nSPS) is 11.2. The van der Waals surface area contributed by atoms with Gasteiger partial charge in [0.2, 0.25) is 0 Å². The van der Waals surface area contributed by atoms with Gasteiger partial charge in [-0.1, -0.05) is 54.1 Å². The first-order chi connectivity index (χ1) is 13.5. The number of benzene rings is 3. The minimum atomic E-state index is -0.419. The Labute approximate surface area is 167 Å². The Balaban J connectivity index is 1.63. The fraction of sp³-hybridized carbons (Fsp3) is 0. The Kier molecular flexibility index (Phi) is 6.14. The third-order valence-electron chi connectivity index (χ3n) is 4.06. The number of halogens is 1. The van der Waals surface area contributed by atoms with Crippen LogP contribution in [0.4, 0.5) is 5.69 Å². The standard InChI is InChI=1S/C23H16ClNO3/c24-21-12-10-20(11-13-21)23(26)16-9-18-4-1-17(2-5-18)3-6-19-7-14-22(15-8-19)25(27)28/h1-16H/b6-3+,16-9+. The van der Waals surface area contributed by atoms with E-state index in [0.717, 1.165) is 16.7 Å². The molecule has 0 aliphatic heterocycles. The number of hydrogen-bond donors (Lipinski definition) is 0. The summed E-state index contributed by atoms with van der Waals surface area (Å²) in [7, 11) is 0. The minimum Gasteiger partial charge on any atom is -0.289 e. The number of carbonyl (C=O) groups is 1. The summed E-state index contributed by atoms with van der Waals surface area (Å²) < 4.78 is 0. The summed E-state index contributed by atoms with van der Waals surface area (Å²) in [5.41, 5.74) is 3.43. The van der Waals surface area contributed by atoms with Gasteiger partial charge in [0, 0.05) is 22.7 Å². The lowest BCUT2D eigenvalue weighted by Gasteiger charge is -1.98. The highest BCUT2D eigenvalue weighted by atomic mass is 35.5. The van der Waals surface area contributed by atoms with Crippen molar-refractivity contribution in [2.45, 2.75) is 0 Å². The summed E-state index contributed by atoms with van der Waals surface area (Å²) in [6, 6.07) is 20.8. The van der Waals surface area contributed by atoms with Gasteiger partial charge in [-0.15, -0.1) is 0 Å². The molecular weight excluding hydrogens is 374 g/mol. The van der Waals surface area contributed by atoms with E-state index in [0.29, 0.717) is 10.6 Å². The van der Waals surface area contributed by atoms with E-state index >= 15 is 0 Å². The predicted molar refractivity (Wildman–Crippen MR) is 113 cm³/mol. The Morgan fingerprint density at radius 3 is 1.71 bits per heavy atom. The van der Waals surface area contributed by atoms with Crippen LogP contribution in [0.3, 0.4) is 0 Å². The Morgan fingerprint density at radius 2 is 1.21 bits per heavy atom. The van der Waals surface area contributed by atoms with Gasteiger partial charge in [0.15, 0.2) is 5.78 Å². The van der Waals surface area contributed by atoms with Crippen molar-refractivity contribution in [1.29, 1.82) is 0 Å². The first kappa shape index (κ1) is 19.3. The lowest BCUT2D eigenvalue weighted by atomic mass is 10.1. The molecule has 5 heteroatoms. The van der Waals surface area contributed by atoms with Gasteiger partial charge >= 0.3 is 0 Å². The van der Waals surface area contributed by atoms with Crippen LogP contribution < -0.4 is 0 Å². The molecule has 0 bridgehead atoms. The smallest absolute Gasteiger partial charge is 0.269 e. The van der Waals surface area contributed by atoms with Crippen LogP contribution in [0, 0.1) is 10.1 Å². The maximum atomic E-state index is 12.1. The van der Waals surface area contributed by atoms with E-state index in [-0.39, 0.29) is 11.5 Å². The third kappa shape index (κ3) is 5.25. The van der Waals surface area contributed by atoms with Crippen LogP contribution in [0.5, 0.6) is 0 Å². The first-order valence-corrected chi connectivity index (χ1v) is 8.90. The zero-order chi connectivity index (χ0) is 19.9. The molecule has 0 fully saturated rings. The molecule has 3 aromatic rings. The average Bonchev–Trinajstić information content (AvgIpc) is 2.72. The zero-order valence-corrected chi connectivity index (χ0v) is 15.5. The summed E-state index contributed by atoms with van der Waals surface area (Å²) in [6.07, 6.45) is 7.11. The highest BCUT2D eigenvalue weighted by Gasteiger charge is 2.02. The molecule has 3 rings (SSSR count). The highest BCUT2D eigenvalue weighted by molar-refractivity contribution is 6.30. The summed E-state index contributed by atoms with van der Waals surface area (Å²) in [5, 5.41) is 11.3. The van der Waals surface area contributed by atoms with Gasteiger partial charge < -0.3 is 0 Å². The van der Waals surface area contributed by atoms with Crippen LogP contribution in [0.2, 0.25) is 5.02 Å². The van der Waals surface area contributed by atoms with Crippen molar-refractivity contribution < 1.29 is 9.72 Å². The van der Waals surface area contributed by atoms with Crippen molar-refractivity contribution in [2.75, 3.05) is 0 Å². The monoisotopic (exact) mass is 389 g/mol. The second kappa shape index (κ2) is 8.93. The number of non-ortho nitro benzene ring substituents is 1. The summed E-state index contributed by atoms with van der Waals surface area (Å²) in [6.45, 7) is 0. The fourth-order valence-electron chi connectivity index (χ4n) is 2.50. The lowest BCUT2D eigenvalue weighted by molar-refractivity contribution is -0.384. The van der Waals surface area contributed by atoms with Crippen LogP contribution in [0.15, 0.2) is 78.9 Å². The van der Waals surface area contributed by atoms with Gasteiger partial charge in [-0.2, -0.15) is 0 Å². The van der Waals surface area contributed by atoms with E-state index in [9.17, 15) is 14.9 Å². The maximum Gasteiger partial charge on any atom is 0.269 e. The largest absolute Gasteiger partial charge is 0.289 e. The van der Waals surface area contributed by atoms with Gasteiger partial charge in [-0.05, 0) is 59.2 Å². The van der Waals surface area contributed by atoms with Crippen molar-refractivity contribution in [3.63, 3.8) is 0 Å². The van der Waals surface area contributed by atoms with E-state index in [1.165, 1.54) is 18.2 Å². The molecule has 0 aliphatic carbocycles. The lowest BCUT2D eigenvalue weighted by Crippen LogP contribution is -1.93. The molecule has 138 valence electrons. The molecule has 0 N–H and O–H groups in total. The number of nitro groups is 1. The Hall–Kier alpha value is -3.50. The minimum absolute atomic E-state index is 0.0708. The molecular formula is C23H16ClNO3. The van der Waals surface area contributed by atoms with Crippen molar-refractivity contribution in [3.05, 3.63) is 116 Å². The number of nitrogens with zero attached hydrogens (tertiary/aromatic N) is 1. The molecule has 0 radical (unpaired) electrons. The number of nitro benzene ring substituents is 1. The van der Waals surface area contributed by atoms with Crippen LogP contribution in [0.1, 0.15) is 27.0 Å². The molecule has 0 amide bonds. The summed E-state index contributed by atoms with van der Waals surface area (Å²) >= 11 is 5.83. The number of rotatable bonds is 6. The second-order valence-electron chi connectivity index (χ2n) is 6.05. The zero-order valence-electron chi connectivity index (χ0n) is 14.8. The molecule has 0 unspecified atom stereocenters. The topological polar surface area (TPSA) is 60.2 Å². The van der Waals surface area contributed by atoms with Gasteiger partial charge in [0.25, 0.3) is 5.69 Å². The SMILES string of the molecule is O=C(/C=C/c1ccc(/C=C/c2ccc([N+](=O)[O-])cc2)cc1)c1ccc(Cl)cc1. The van der Waals surface area contributed by atoms with E-state index in [2.05, 4.69) is 0 Å². The molecule has 0 atom stereocenters. The van der Waals surface area contributed by atoms with E-state index in [1.807, 2.05) is 36.4 Å². The molecule has 0 heterocycles. The van der Waals surface area contributed by atoms with Gasteiger partial charge in [0.1, 0.15) is 0 Å². The van der Waals surface area contributed by atoms with Crippen LogP contribution in [0.25, 0.3) is 18.2 Å². The third-order valence-corrected chi connectivity index (χ3v) is 4.32. The molecule has 0 saturated heterocycles. The number of carbonyl (C=O) groups excluding carboxylic acids is 1. The predicted octanol–water partition coefficient (Wildman–Crippen LogP) is 6.31. The van der Waals surface area contributed by atoms with Crippen molar-refractivity contribution in [1.82, 2.24) is 0 Å². The van der Waals surface area contributed by atoms with Gasteiger partial charge in [0.05, 0.1) is 4.92 Å². The van der Waals surface area contributed by atoms with Crippen LogP contribution in [-0.4, -0.2) is 10.7 Å². The molecule has 0 aliphatic rings. The Bertz CT molecular complexity index is 1030. The maximum absolute atomic E-state index is 12.1. The van der Waals surface area contributed by atoms with E-state index in [4.69, 9.17) is 11.6 Å². The van der Waals surface area contributed by atoms with Gasteiger partial charge in [-0.3, -0.25) is 14.9 Å². The first-order valence-electron chi connectivity index (χ1n) is 8.52. The highest BCUT2D eigenvalue weighted by Crippen LogP contribution is 2.15.